The van der Waals surface area contributed by atoms with Crippen LogP contribution >= 0.6 is 11.3 Å². The maximum atomic E-state index is 12.8. The van der Waals surface area contributed by atoms with E-state index < -0.39 is 17.5 Å². The van der Waals surface area contributed by atoms with Gasteiger partial charge in [-0.2, -0.15) is 5.01 Å². The second-order valence-electron chi connectivity index (χ2n) is 7.99. The van der Waals surface area contributed by atoms with Crippen LogP contribution in [0.1, 0.15) is 54.1 Å². The van der Waals surface area contributed by atoms with Gasteiger partial charge < -0.3 is 5.32 Å². The molecule has 158 valence electrons. The highest BCUT2D eigenvalue weighted by atomic mass is 32.1. The quantitative estimate of drug-likeness (QED) is 0.620. The number of thiophene rings is 1. The van der Waals surface area contributed by atoms with Crippen molar-refractivity contribution in [3.63, 3.8) is 0 Å². The lowest BCUT2D eigenvalue weighted by Crippen LogP contribution is -2.52. The van der Waals surface area contributed by atoms with Crippen LogP contribution in [0.15, 0.2) is 41.8 Å². The molecule has 1 aliphatic carbocycles. The number of carbonyl (C=O) groups excluding carboxylic acids is 3. The number of urea groups is 1. The fourth-order valence-corrected chi connectivity index (χ4v) is 5.00. The Morgan fingerprint density at radius 2 is 1.90 bits per heavy atom. The monoisotopic (exact) mass is 426 g/mol. The normalized spacial score (nSPS) is 19.0. The number of rotatable bonds is 6. The van der Waals surface area contributed by atoms with E-state index in [4.69, 9.17) is 0 Å². The summed E-state index contributed by atoms with van der Waals surface area (Å²) in [6.45, 7) is 2.00. The van der Waals surface area contributed by atoms with E-state index in [1.807, 2.05) is 48.7 Å². The van der Waals surface area contributed by atoms with Crippen molar-refractivity contribution in [3.8, 4) is 0 Å². The second kappa shape index (κ2) is 8.57. The molecule has 1 saturated carbocycles. The summed E-state index contributed by atoms with van der Waals surface area (Å²) in [5.74, 6) is -0.783. The third-order valence-corrected chi connectivity index (χ3v) is 6.75. The van der Waals surface area contributed by atoms with Crippen molar-refractivity contribution in [3.05, 3.63) is 57.8 Å². The molecule has 1 spiro atoms. The molecule has 1 saturated heterocycles. The first-order chi connectivity index (χ1) is 14.5. The SMILES string of the molecule is Cc1ccc([C@H](NCC(=O)NN2C(=O)NC3(CCCCC3)C2=O)c2cccs2)cc1. The average Bonchev–Trinajstić information content (AvgIpc) is 3.34. The molecule has 0 bridgehead atoms. The summed E-state index contributed by atoms with van der Waals surface area (Å²) in [7, 11) is 0. The lowest BCUT2D eigenvalue weighted by atomic mass is 9.82. The predicted octanol–water partition coefficient (Wildman–Crippen LogP) is 3.02. The molecule has 7 nitrogen and oxygen atoms in total. The van der Waals surface area contributed by atoms with Crippen molar-refractivity contribution in [1.29, 1.82) is 0 Å². The average molecular weight is 427 g/mol. The van der Waals surface area contributed by atoms with Gasteiger partial charge in [-0.3, -0.25) is 20.3 Å². The summed E-state index contributed by atoms with van der Waals surface area (Å²) in [4.78, 5) is 38.8. The molecule has 30 heavy (non-hydrogen) atoms. The van der Waals surface area contributed by atoms with Crippen LogP contribution in [0.4, 0.5) is 4.79 Å². The summed E-state index contributed by atoms with van der Waals surface area (Å²) in [5, 5.41) is 8.90. The molecule has 0 radical (unpaired) electrons. The number of carbonyl (C=O) groups is 3. The van der Waals surface area contributed by atoms with Crippen LogP contribution in [0.2, 0.25) is 0 Å². The van der Waals surface area contributed by atoms with Crippen LogP contribution < -0.4 is 16.1 Å². The molecular formula is C22H26N4O3S. The van der Waals surface area contributed by atoms with Crippen molar-refractivity contribution in [2.24, 2.45) is 0 Å². The van der Waals surface area contributed by atoms with Gasteiger partial charge in [0.25, 0.3) is 11.8 Å². The molecule has 1 atom stereocenters. The first-order valence-electron chi connectivity index (χ1n) is 10.3. The summed E-state index contributed by atoms with van der Waals surface area (Å²) in [5.41, 5.74) is 3.85. The van der Waals surface area contributed by atoms with Crippen molar-refractivity contribution in [2.75, 3.05) is 6.54 Å². The number of aryl methyl sites for hydroxylation is 1. The highest BCUT2D eigenvalue weighted by Crippen LogP contribution is 2.33. The first kappa shape index (κ1) is 20.6. The van der Waals surface area contributed by atoms with Gasteiger partial charge in [0.05, 0.1) is 12.6 Å². The molecule has 4 amide bonds. The van der Waals surface area contributed by atoms with E-state index in [-0.39, 0.29) is 18.5 Å². The van der Waals surface area contributed by atoms with Crippen molar-refractivity contribution >= 4 is 29.2 Å². The van der Waals surface area contributed by atoms with Crippen molar-refractivity contribution < 1.29 is 14.4 Å². The zero-order chi connectivity index (χ0) is 21.1. The molecule has 2 heterocycles. The minimum atomic E-state index is -0.850. The van der Waals surface area contributed by atoms with Crippen LogP contribution in [-0.2, 0) is 9.59 Å². The van der Waals surface area contributed by atoms with E-state index in [1.165, 1.54) is 0 Å². The van der Waals surface area contributed by atoms with E-state index in [9.17, 15) is 14.4 Å². The number of hydrogen-bond donors (Lipinski definition) is 3. The van der Waals surface area contributed by atoms with E-state index >= 15 is 0 Å². The number of nitrogens with zero attached hydrogens (tertiary/aromatic N) is 1. The van der Waals surface area contributed by atoms with Crippen molar-refractivity contribution in [2.45, 2.75) is 50.6 Å². The van der Waals surface area contributed by atoms with E-state index in [1.54, 1.807) is 11.3 Å². The van der Waals surface area contributed by atoms with Gasteiger partial charge in [-0.05, 0) is 36.8 Å². The molecule has 2 aromatic rings. The van der Waals surface area contributed by atoms with Gasteiger partial charge in [0.2, 0.25) is 0 Å². The van der Waals surface area contributed by atoms with Crippen LogP contribution in [-0.4, -0.2) is 34.9 Å². The lowest BCUT2D eigenvalue weighted by Gasteiger charge is -2.30. The second-order valence-corrected chi connectivity index (χ2v) is 8.97. The highest BCUT2D eigenvalue weighted by Gasteiger charge is 2.52. The van der Waals surface area contributed by atoms with Crippen LogP contribution in [0.5, 0.6) is 0 Å². The van der Waals surface area contributed by atoms with Crippen LogP contribution in [0, 0.1) is 6.92 Å². The fourth-order valence-electron chi connectivity index (χ4n) is 4.17. The molecule has 1 aliphatic heterocycles. The highest BCUT2D eigenvalue weighted by molar-refractivity contribution is 7.10. The minimum Gasteiger partial charge on any atom is -0.322 e. The van der Waals surface area contributed by atoms with Crippen LogP contribution in [0.3, 0.4) is 0 Å². The fraction of sp³-hybridized carbons (Fsp3) is 0.409. The van der Waals surface area contributed by atoms with Gasteiger partial charge in [0, 0.05) is 4.88 Å². The number of hydrazine groups is 1. The smallest absolute Gasteiger partial charge is 0.322 e. The topological polar surface area (TPSA) is 90.5 Å². The van der Waals surface area contributed by atoms with Gasteiger partial charge in [0.15, 0.2) is 0 Å². The molecule has 4 rings (SSSR count). The molecular weight excluding hydrogens is 400 g/mol. The number of imide groups is 1. The third-order valence-electron chi connectivity index (χ3n) is 5.81. The Labute approximate surface area is 179 Å². The van der Waals surface area contributed by atoms with Crippen LogP contribution in [0.25, 0.3) is 0 Å². The zero-order valence-electron chi connectivity index (χ0n) is 16.9. The Balaban J connectivity index is 1.41. The third kappa shape index (κ3) is 4.11. The molecule has 1 aromatic heterocycles. The summed E-state index contributed by atoms with van der Waals surface area (Å²) in [6, 6.07) is 11.4. The summed E-state index contributed by atoms with van der Waals surface area (Å²) >= 11 is 1.61. The number of hydrogen-bond acceptors (Lipinski definition) is 5. The Kier molecular flexibility index (Phi) is 5.87. The van der Waals surface area contributed by atoms with E-state index in [0.717, 1.165) is 40.3 Å². The summed E-state index contributed by atoms with van der Waals surface area (Å²) in [6.07, 6.45) is 4.10. The Hall–Kier alpha value is -2.71. The van der Waals surface area contributed by atoms with Gasteiger partial charge in [-0.1, -0.05) is 55.2 Å². The summed E-state index contributed by atoms with van der Waals surface area (Å²) < 4.78 is 0. The standard InChI is InChI=1S/C22H26N4O3S/c1-15-7-9-16(10-8-15)19(17-6-5-13-30-17)23-14-18(27)25-26-20(28)22(24-21(26)29)11-3-2-4-12-22/h5-10,13,19,23H,2-4,11-12,14H2,1H3,(H,24,29)(H,25,27)/t19-/m0/s1. The molecule has 2 fully saturated rings. The van der Waals surface area contributed by atoms with E-state index in [0.29, 0.717) is 12.8 Å². The van der Waals surface area contributed by atoms with Gasteiger partial charge >= 0.3 is 6.03 Å². The van der Waals surface area contributed by atoms with Gasteiger partial charge in [-0.25, -0.2) is 4.79 Å². The number of nitrogens with one attached hydrogen (secondary N) is 3. The Morgan fingerprint density at radius 3 is 2.57 bits per heavy atom. The zero-order valence-corrected chi connectivity index (χ0v) is 17.8. The minimum absolute atomic E-state index is 0.0273. The number of amides is 4. The molecule has 2 aliphatic rings. The Morgan fingerprint density at radius 1 is 1.17 bits per heavy atom. The molecule has 8 heteroatoms. The first-order valence-corrected chi connectivity index (χ1v) is 11.2. The largest absolute Gasteiger partial charge is 0.344 e. The maximum Gasteiger partial charge on any atom is 0.344 e. The number of benzene rings is 1. The molecule has 1 aromatic carbocycles. The molecule has 0 unspecified atom stereocenters. The Bertz CT molecular complexity index is 920. The van der Waals surface area contributed by atoms with Crippen molar-refractivity contribution in [1.82, 2.24) is 21.1 Å². The maximum absolute atomic E-state index is 12.8. The molecule has 3 N–H and O–H groups in total. The predicted molar refractivity (Wildman–Crippen MR) is 115 cm³/mol. The lowest BCUT2D eigenvalue weighted by molar-refractivity contribution is -0.139. The van der Waals surface area contributed by atoms with Gasteiger partial charge in [-0.15, -0.1) is 11.3 Å². The van der Waals surface area contributed by atoms with E-state index in [2.05, 4.69) is 16.1 Å². The van der Waals surface area contributed by atoms with Gasteiger partial charge in [0.1, 0.15) is 5.54 Å².